The van der Waals surface area contributed by atoms with Gasteiger partial charge in [-0.25, -0.2) is 0 Å². The smallest absolute Gasteiger partial charge is 0.269 e. The minimum absolute atomic E-state index is 0.0970. The Morgan fingerprint density at radius 1 is 1.57 bits per heavy atom. The summed E-state index contributed by atoms with van der Waals surface area (Å²) in [6, 6.07) is 6.48. The summed E-state index contributed by atoms with van der Waals surface area (Å²) in [4.78, 5) is 10.1. The van der Waals surface area contributed by atoms with E-state index in [1.807, 2.05) is 6.07 Å². The standard InChI is InChI=1S/C9H10N2O3/c12-11(13)8-3-1-2-7(6-8)9-10-4-5-14-9/h1-3,6,9-10H,4-5H2. The second kappa shape index (κ2) is 3.73. The highest BCUT2D eigenvalue weighted by molar-refractivity contribution is 5.35. The van der Waals surface area contributed by atoms with Crippen LogP contribution in [-0.4, -0.2) is 18.1 Å². The third kappa shape index (κ3) is 1.73. The fourth-order valence-corrected chi connectivity index (χ4v) is 1.44. The summed E-state index contributed by atoms with van der Waals surface area (Å²) in [5.74, 6) is 0. The maximum atomic E-state index is 10.5. The molecule has 0 amide bonds. The Bertz CT molecular complexity index is 348. The molecule has 2 rings (SSSR count). The number of rotatable bonds is 2. The number of nitro groups is 1. The third-order valence-electron chi connectivity index (χ3n) is 2.10. The summed E-state index contributed by atoms with van der Waals surface area (Å²) in [5, 5.41) is 13.6. The highest BCUT2D eigenvalue weighted by Gasteiger charge is 2.18. The van der Waals surface area contributed by atoms with Crippen molar-refractivity contribution < 1.29 is 9.66 Å². The minimum Gasteiger partial charge on any atom is -0.358 e. The van der Waals surface area contributed by atoms with Crippen molar-refractivity contribution in [3.05, 3.63) is 39.9 Å². The molecule has 5 nitrogen and oxygen atoms in total. The predicted octanol–water partition coefficient (Wildman–Crippen LogP) is 1.21. The van der Waals surface area contributed by atoms with Gasteiger partial charge in [0.25, 0.3) is 5.69 Å². The number of ether oxygens (including phenoxy) is 1. The van der Waals surface area contributed by atoms with E-state index < -0.39 is 4.92 Å². The number of hydrogen-bond acceptors (Lipinski definition) is 4. The van der Waals surface area contributed by atoms with Crippen molar-refractivity contribution in [2.24, 2.45) is 0 Å². The molecule has 0 aliphatic carbocycles. The average Bonchev–Trinajstić information content (AvgIpc) is 2.71. The van der Waals surface area contributed by atoms with Gasteiger partial charge in [0.1, 0.15) is 6.23 Å². The fraction of sp³-hybridized carbons (Fsp3) is 0.333. The summed E-state index contributed by atoms with van der Waals surface area (Å²) < 4.78 is 5.34. The highest BCUT2D eigenvalue weighted by atomic mass is 16.6. The molecule has 0 spiro atoms. The maximum absolute atomic E-state index is 10.5. The summed E-state index contributed by atoms with van der Waals surface area (Å²) in [6.45, 7) is 1.43. The van der Waals surface area contributed by atoms with Gasteiger partial charge in [-0.15, -0.1) is 0 Å². The molecular formula is C9H10N2O3. The SMILES string of the molecule is O=[N+]([O-])c1cccc(C2NCCO2)c1. The number of nitro benzene ring substituents is 1. The molecule has 1 saturated heterocycles. The lowest BCUT2D eigenvalue weighted by atomic mass is 10.2. The lowest BCUT2D eigenvalue weighted by Gasteiger charge is -2.09. The van der Waals surface area contributed by atoms with Crippen molar-refractivity contribution in [2.75, 3.05) is 13.2 Å². The molecule has 1 atom stereocenters. The largest absolute Gasteiger partial charge is 0.358 e. The average molecular weight is 194 g/mol. The van der Waals surface area contributed by atoms with Crippen molar-refractivity contribution >= 4 is 5.69 Å². The molecule has 0 bridgehead atoms. The molecule has 1 fully saturated rings. The van der Waals surface area contributed by atoms with Crippen LogP contribution in [0.1, 0.15) is 11.8 Å². The molecule has 5 heteroatoms. The third-order valence-corrected chi connectivity index (χ3v) is 2.10. The monoisotopic (exact) mass is 194 g/mol. The van der Waals surface area contributed by atoms with Crippen molar-refractivity contribution in [3.63, 3.8) is 0 Å². The Labute approximate surface area is 80.8 Å². The van der Waals surface area contributed by atoms with Crippen molar-refractivity contribution in [2.45, 2.75) is 6.23 Å². The van der Waals surface area contributed by atoms with E-state index in [0.29, 0.717) is 6.61 Å². The van der Waals surface area contributed by atoms with Crippen LogP contribution in [0.2, 0.25) is 0 Å². The van der Waals surface area contributed by atoms with E-state index >= 15 is 0 Å². The number of hydrogen-bond donors (Lipinski definition) is 1. The Kier molecular flexibility index (Phi) is 2.43. The van der Waals surface area contributed by atoms with Crippen LogP contribution in [0.25, 0.3) is 0 Å². The lowest BCUT2D eigenvalue weighted by molar-refractivity contribution is -0.385. The molecule has 0 radical (unpaired) electrons. The molecule has 1 aliphatic heterocycles. The van der Waals surface area contributed by atoms with Gasteiger partial charge in [0.15, 0.2) is 0 Å². The first kappa shape index (κ1) is 9.11. The first-order valence-electron chi connectivity index (χ1n) is 4.37. The maximum Gasteiger partial charge on any atom is 0.269 e. The van der Waals surface area contributed by atoms with E-state index in [1.165, 1.54) is 12.1 Å². The first-order valence-corrected chi connectivity index (χ1v) is 4.37. The lowest BCUT2D eigenvalue weighted by Crippen LogP contribution is -2.13. The second-order valence-electron chi connectivity index (χ2n) is 3.06. The van der Waals surface area contributed by atoms with Gasteiger partial charge in [0.05, 0.1) is 11.5 Å². The molecule has 0 saturated carbocycles. The zero-order chi connectivity index (χ0) is 9.97. The summed E-state index contributed by atoms with van der Waals surface area (Å²) in [6.07, 6.45) is -0.199. The minimum atomic E-state index is -0.404. The van der Waals surface area contributed by atoms with Gasteiger partial charge in [0.2, 0.25) is 0 Å². The Hall–Kier alpha value is -1.46. The molecule has 14 heavy (non-hydrogen) atoms. The van der Waals surface area contributed by atoms with Gasteiger partial charge < -0.3 is 4.74 Å². The predicted molar refractivity (Wildman–Crippen MR) is 49.8 cm³/mol. The quantitative estimate of drug-likeness (QED) is 0.567. The van der Waals surface area contributed by atoms with E-state index in [1.54, 1.807) is 6.07 Å². The molecule has 1 aromatic rings. The molecule has 1 aromatic carbocycles. The van der Waals surface area contributed by atoms with E-state index in [2.05, 4.69) is 5.32 Å². The number of benzene rings is 1. The van der Waals surface area contributed by atoms with Crippen LogP contribution < -0.4 is 5.32 Å². The van der Waals surface area contributed by atoms with Crippen LogP contribution in [-0.2, 0) is 4.74 Å². The van der Waals surface area contributed by atoms with Crippen LogP contribution in [0.3, 0.4) is 0 Å². The number of nitrogens with one attached hydrogen (secondary N) is 1. The van der Waals surface area contributed by atoms with Crippen molar-refractivity contribution in [1.29, 1.82) is 0 Å². The molecule has 1 aliphatic rings. The number of nitrogens with zero attached hydrogens (tertiary/aromatic N) is 1. The Balaban J connectivity index is 2.25. The fourth-order valence-electron chi connectivity index (χ4n) is 1.44. The summed E-state index contributed by atoms with van der Waals surface area (Å²) >= 11 is 0. The molecule has 0 aromatic heterocycles. The van der Waals surface area contributed by atoms with E-state index in [-0.39, 0.29) is 11.9 Å². The normalized spacial score (nSPS) is 21.0. The molecular weight excluding hydrogens is 184 g/mol. The Morgan fingerprint density at radius 3 is 3.07 bits per heavy atom. The van der Waals surface area contributed by atoms with E-state index in [4.69, 9.17) is 4.74 Å². The van der Waals surface area contributed by atoms with Gasteiger partial charge in [-0.3, -0.25) is 15.4 Å². The molecule has 1 heterocycles. The van der Waals surface area contributed by atoms with Crippen molar-refractivity contribution in [1.82, 2.24) is 5.32 Å². The van der Waals surface area contributed by atoms with E-state index in [0.717, 1.165) is 12.1 Å². The van der Waals surface area contributed by atoms with Gasteiger partial charge in [0, 0.05) is 24.2 Å². The second-order valence-corrected chi connectivity index (χ2v) is 3.06. The first-order chi connectivity index (χ1) is 6.77. The zero-order valence-electron chi connectivity index (χ0n) is 7.47. The van der Waals surface area contributed by atoms with Gasteiger partial charge in [-0.05, 0) is 0 Å². The molecule has 1 N–H and O–H groups in total. The Morgan fingerprint density at radius 2 is 2.43 bits per heavy atom. The van der Waals surface area contributed by atoms with Gasteiger partial charge in [-0.2, -0.15) is 0 Å². The van der Waals surface area contributed by atoms with Crippen molar-refractivity contribution in [3.8, 4) is 0 Å². The van der Waals surface area contributed by atoms with Crippen LogP contribution in [0.5, 0.6) is 0 Å². The van der Waals surface area contributed by atoms with Crippen LogP contribution in [0.15, 0.2) is 24.3 Å². The van der Waals surface area contributed by atoms with Crippen LogP contribution in [0.4, 0.5) is 5.69 Å². The molecule has 1 unspecified atom stereocenters. The van der Waals surface area contributed by atoms with E-state index in [9.17, 15) is 10.1 Å². The zero-order valence-corrected chi connectivity index (χ0v) is 7.47. The number of non-ortho nitro benzene ring substituents is 1. The molecule has 74 valence electrons. The summed E-state index contributed by atoms with van der Waals surface area (Å²) in [5.41, 5.74) is 0.900. The topological polar surface area (TPSA) is 64.4 Å². The van der Waals surface area contributed by atoms with Crippen LogP contribution >= 0.6 is 0 Å². The van der Waals surface area contributed by atoms with Gasteiger partial charge in [-0.1, -0.05) is 12.1 Å². The van der Waals surface area contributed by atoms with Gasteiger partial charge >= 0.3 is 0 Å². The van der Waals surface area contributed by atoms with Crippen LogP contribution in [0, 0.1) is 10.1 Å². The summed E-state index contributed by atoms with van der Waals surface area (Å²) in [7, 11) is 0. The highest BCUT2D eigenvalue weighted by Crippen LogP contribution is 2.21.